The van der Waals surface area contributed by atoms with E-state index in [2.05, 4.69) is 15.3 Å². The molecule has 8 heteroatoms. The van der Waals surface area contributed by atoms with E-state index < -0.39 is 18.5 Å². The maximum Gasteiger partial charge on any atom is 0.397 e. The maximum absolute atomic E-state index is 12.1. The van der Waals surface area contributed by atoms with Gasteiger partial charge in [-0.2, -0.15) is 13.2 Å². The number of carbonyl (C=O) groups excluding carboxylic acids is 1. The molecular weight excluding hydrogens is 287 g/mol. The SMILES string of the molecule is O=C(CC(F)(F)F)NC1CCC(Oc2cnccn2)CC1. The van der Waals surface area contributed by atoms with Crippen LogP contribution in [0, 0.1) is 0 Å². The Balaban J connectivity index is 1.72. The van der Waals surface area contributed by atoms with Gasteiger partial charge in [0.1, 0.15) is 12.5 Å². The highest BCUT2D eigenvalue weighted by molar-refractivity contribution is 5.76. The number of carbonyl (C=O) groups is 1. The van der Waals surface area contributed by atoms with Gasteiger partial charge in [-0.3, -0.25) is 9.78 Å². The van der Waals surface area contributed by atoms with Crippen LogP contribution < -0.4 is 10.1 Å². The van der Waals surface area contributed by atoms with Crippen molar-refractivity contribution in [3.05, 3.63) is 18.6 Å². The van der Waals surface area contributed by atoms with Crippen molar-refractivity contribution in [2.24, 2.45) is 0 Å². The molecular formula is C13H16F3N3O2. The summed E-state index contributed by atoms with van der Waals surface area (Å²) in [6, 6.07) is -0.221. The standard InChI is InChI=1S/C13H16F3N3O2/c14-13(15,16)7-11(20)19-9-1-3-10(4-2-9)21-12-8-17-5-6-18-12/h5-6,8-10H,1-4,7H2,(H,19,20). The first-order chi connectivity index (χ1) is 9.92. The summed E-state index contributed by atoms with van der Waals surface area (Å²) in [4.78, 5) is 19.1. The van der Waals surface area contributed by atoms with Crippen LogP contribution in [0.1, 0.15) is 32.1 Å². The lowest BCUT2D eigenvalue weighted by molar-refractivity contribution is -0.154. The Morgan fingerprint density at radius 1 is 1.29 bits per heavy atom. The summed E-state index contributed by atoms with van der Waals surface area (Å²) in [5.74, 6) is -0.539. The summed E-state index contributed by atoms with van der Waals surface area (Å²) in [5, 5.41) is 2.42. The zero-order chi connectivity index (χ0) is 15.3. The molecule has 1 heterocycles. The third kappa shape index (κ3) is 5.57. The largest absolute Gasteiger partial charge is 0.473 e. The summed E-state index contributed by atoms with van der Waals surface area (Å²) in [5.41, 5.74) is 0. The van der Waals surface area contributed by atoms with Crippen LogP contribution in [0.2, 0.25) is 0 Å². The number of halogens is 3. The molecule has 0 aliphatic heterocycles. The van der Waals surface area contributed by atoms with Gasteiger partial charge in [-0.25, -0.2) is 4.98 Å². The molecule has 1 aromatic heterocycles. The molecule has 21 heavy (non-hydrogen) atoms. The molecule has 1 amide bonds. The molecule has 1 aliphatic carbocycles. The molecule has 0 atom stereocenters. The molecule has 2 rings (SSSR count). The molecule has 1 N–H and O–H groups in total. The molecule has 5 nitrogen and oxygen atoms in total. The van der Waals surface area contributed by atoms with Gasteiger partial charge in [-0.1, -0.05) is 0 Å². The Hall–Kier alpha value is -1.86. The third-order valence-electron chi connectivity index (χ3n) is 3.23. The number of nitrogens with one attached hydrogen (secondary N) is 1. The van der Waals surface area contributed by atoms with Crippen molar-refractivity contribution in [3.8, 4) is 5.88 Å². The van der Waals surface area contributed by atoms with Gasteiger partial charge in [0.15, 0.2) is 0 Å². The number of amides is 1. The molecule has 0 saturated heterocycles. The number of nitrogens with zero attached hydrogens (tertiary/aromatic N) is 2. The fourth-order valence-corrected chi connectivity index (χ4v) is 2.30. The van der Waals surface area contributed by atoms with Crippen LogP contribution >= 0.6 is 0 Å². The van der Waals surface area contributed by atoms with Gasteiger partial charge < -0.3 is 10.1 Å². The molecule has 0 spiro atoms. The molecule has 0 bridgehead atoms. The molecule has 1 saturated carbocycles. The lowest BCUT2D eigenvalue weighted by Crippen LogP contribution is -2.41. The van der Waals surface area contributed by atoms with E-state index in [1.54, 1.807) is 6.20 Å². The normalized spacial score (nSPS) is 22.6. The topological polar surface area (TPSA) is 64.1 Å². The molecule has 116 valence electrons. The van der Waals surface area contributed by atoms with E-state index in [1.165, 1.54) is 12.4 Å². The molecule has 0 radical (unpaired) electrons. The van der Waals surface area contributed by atoms with E-state index in [1.807, 2.05) is 0 Å². The average Bonchev–Trinajstić information content (AvgIpc) is 2.40. The smallest absolute Gasteiger partial charge is 0.397 e. The summed E-state index contributed by atoms with van der Waals surface area (Å²) in [6.07, 6.45) is 1.15. The third-order valence-corrected chi connectivity index (χ3v) is 3.23. The van der Waals surface area contributed by atoms with Crippen LogP contribution in [-0.2, 0) is 4.79 Å². The van der Waals surface area contributed by atoms with E-state index in [-0.39, 0.29) is 12.1 Å². The van der Waals surface area contributed by atoms with Crippen molar-refractivity contribution >= 4 is 5.91 Å². The second-order valence-electron chi connectivity index (χ2n) is 4.99. The average molecular weight is 303 g/mol. The predicted molar refractivity (Wildman–Crippen MR) is 67.5 cm³/mol. The minimum atomic E-state index is -4.46. The van der Waals surface area contributed by atoms with E-state index in [0.29, 0.717) is 31.6 Å². The number of alkyl halides is 3. The van der Waals surface area contributed by atoms with Gasteiger partial charge >= 0.3 is 6.18 Å². The number of hydrogen-bond acceptors (Lipinski definition) is 4. The lowest BCUT2D eigenvalue weighted by atomic mass is 9.93. The highest BCUT2D eigenvalue weighted by atomic mass is 19.4. The summed E-state index contributed by atoms with van der Waals surface area (Å²) in [6.45, 7) is 0. The first-order valence-corrected chi connectivity index (χ1v) is 6.71. The first kappa shape index (κ1) is 15.5. The van der Waals surface area contributed by atoms with Crippen molar-refractivity contribution in [1.82, 2.24) is 15.3 Å². The zero-order valence-corrected chi connectivity index (χ0v) is 11.3. The number of aromatic nitrogens is 2. The van der Waals surface area contributed by atoms with Crippen molar-refractivity contribution in [3.63, 3.8) is 0 Å². The highest BCUT2D eigenvalue weighted by Gasteiger charge is 2.32. The Morgan fingerprint density at radius 2 is 2.00 bits per heavy atom. The Morgan fingerprint density at radius 3 is 2.57 bits per heavy atom. The summed E-state index contributed by atoms with van der Waals surface area (Å²) < 4.78 is 41.8. The van der Waals surface area contributed by atoms with Gasteiger partial charge in [0.2, 0.25) is 11.8 Å². The van der Waals surface area contributed by atoms with Gasteiger partial charge in [0, 0.05) is 18.4 Å². The fourth-order valence-electron chi connectivity index (χ4n) is 2.30. The van der Waals surface area contributed by atoms with Crippen molar-refractivity contribution < 1.29 is 22.7 Å². The van der Waals surface area contributed by atoms with Crippen molar-refractivity contribution in [2.45, 2.75) is 50.4 Å². The minimum Gasteiger partial charge on any atom is -0.473 e. The minimum absolute atomic E-state index is 0.0440. The van der Waals surface area contributed by atoms with Crippen LogP contribution in [0.15, 0.2) is 18.6 Å². The van der Waals surface area contributed by atoms with E-state index in [9.17, 15) is 18.0 Å². The van der Waals surface area contributed by atoms with Gasteiger partial charge in [-0.05, 0) is 25.7 Å². The Labute approximate surface area is 119 Å². The van der Waals surface area contributed by atoms with Crippen molar-refractivity contribution in [1.29, 1.82) is 0 Å². The van der Waals surface area contributed by atoms with E-state index in [0.717, 1.165) is 0 Å². The van der Waals surface area contributed by atoms with Crippen LogP contribution in [0.4, 0.5) is 13.2 Å². The molecule has 1 fully saturated rings. The number of rotatable bonds is 4. The molecule has 1 aliphatic rings. The first-order valence-electron chi connectivity index (χ1n) is 6.71. The van der Waals surface area contributed by atoms with E-state index in [4.69, 9.17) is 4.74 Å². The van der Waals surface area contributed by atoms with Gasteiger partial charge in [0.25, 0.3) is 0 Å². The zero-order valence-electron chi connectivity index (χ0n) is 11.3. The lowest BCUT2D eigenvalue weighted by Gasteiger charge is -2.29. The summed E-state index contributed by atoms with van der Waals surface area (Å²) >= 11 is 0. The van der Waals surface area contributed by atoms with Gasteiger partial charge in [-0.15, -0.1) is 0 Å². The van der Waals surface area contributed by atoms with Crippen LogP contribution in [0.3, 0.4) is 0 Å². The number of hydrogen-bond donors (Lipinski definition) is 1. The Bertz CT molecular complexity index is 459. The summed E-state index contributed by atoms with van der Waals surface area (Å²) in [7, 11) is 0. The van der Waals surface area contributed by atoms with Crippen LogP contribution in [0.25, 0.3) is 0 Å². The second kappa shape index (κ2) is 6.73. The van der Waals surface area contributed by atoms with Crippen molar-refractivity contribution in [2.75, 3.05) is 0 Å². The Kier molecular flexibility index (Phi) is 4.98. The van der Waals surface area contributed by atoms with E-state index >= 15 is 0 Å². The highest BCUT2D eigenvalue weighted by Crippen LogP contribution is 2.24. The molecule has 1 aromatic rings. The van der Waals surface area contributed by atoms with Gasteiger partial charge in [0.05, 0.1) is 6.20 Å². The molecule has 0 aromatic carbocycles. The molecule has 0 unspecified atom stereocenters. The number of ether oxygens (including phenoxy) is 1. The fraction of sp³-hybridized carbons (Fsp3) is 0.615. The second-order valence-corrected chi connectivity index (χ2v) is 4.99. The predicted octanol–water partition coefficient (Wildman–Crippen LogP) is 2.24. The maximum atomic E-state index is 12.1. The van der Waals surface area contributed by atoms with Crippen LogP contribution in [0.5, 0.6) is 5.88 Å². The quantitative estimate of drug-likeness (QED) is 0.926. The van der Waals surface area contributed by atoms with Crippen LogP contribution in [-0.4, -0.2) is 34.2 Å². The monoisotopic (exact) mass is 303 g/mol.